The van der Waals surface area contributed by atoms with Gasteiger partial charge < -0.3 is 5.32 Å². The molecule has 0 aliphatic rings. The molecule has 0 radical (unpaired) electrons. The van der Waals surface area contributed by atoms with E-state index in [1.54, 1.807) is 36.4 Å². The summed E-state index contributed by atoms with van der Waals surface area (Å²) < 4.78 is 1.49. The van der Waals surface area contributed by atoms with Crippen LogP contribution in [0.1, 0.15) is 13.8 Å². The summed E-state index contributed by atoms with van der Waals surface area (Å²) in [4.78, 5) is 29.0. The van der Waals surface area contributed by atoms with Gasteiger partial charge in [-0.3, -0.25) is 9.88 Å². The van der Waals surface area contributed by atoms with E-state index in [0.29, 0.717) is 34.0 Å². The van der Waals surface area contributed by atoms with Gasteiger partial charge in [0.25, 0.3) is 0 Å². The van der Waals surface area contributed by atoms with Gasteiger partial charge in [-0.15, -0.1) is 0 Å². The van der Waals surface area contributed by atoms with Crippen LogP contribution in [0.4, 0.5) is 16.3 Å². The molecule has 0 aliphatic carbocycles. The normalized spacial score (nSPS) is 10.9. The van der Waals surface area contributed by atoms with E-state index in [1.165, 1.54) is 4.57 Å². The average Bonchev–Trinajstić information content (AvgIpc) is 2.57. The number of carbonyl (C=O) groups is 1. The molecule has 3 rings (SSSR count). The molecule has 0 aliphatic heterocycles. The number of aromatic nitrogens is 2. The lowest BCUT2D eigenvalue weighted by atomic mass is 10.2. The highest BCUT2D eigenvalue weighted by atomic mass is 35.5. The molecule has 6 nitrogen and oxygen atoms in total. The number of nitrogens with zero attached hydrogens (tertiary/aromatic N) is 2. The van der Waals surface area contributed by atoms with Crippen LogP contribution >= 0.6 is 11.6 Å². The highest BCUT2D eigenvalue weighted by molar-refractivity contribution is 6.30. The summed E-state index contributed by atoms with van der Waals surface area (Å²) in [5.41, 5.74) is 0.706. The SMILES string of the molecule is CC(C)Cn1c(NC(=O)Nc2cccc(Cl)c2)c2ccccc2nc1=O. The topological polar surface area (TPSA) is 76.0 Å². The molecule has 0 saturated carbocycles. The summed E-state index contributed by atoms with van der Waals surface area (Å²) in [7, 11) is 0. The zero-order valence-corrected chi connectivity index (χ0v) is 15.2. The second kappa shape index (κ2) is 7.58. The third kappa shape index (κ3) is 4.03. The Kier molecular flexibility index (Phi) is 5.23. The Morgan fingerprint density at radius 2 is 1.92 bits per heavy atom. The number of hydrogen-bond donors (Lipinski definition) is 2. The van der Waals surface area contributed by atoms with Gasteiger partial charge in [0.15, 0.2) is 0 Å². The van der Waals surface area contributed by atoms with Crippen molar-refractivity contribution in [2.24, 2.45) is 5.92 Å². The van der Waals surface area contributed by atoms with E-state index in [2.05, 4.69) is 15.6 Å². The summed E-state index contributed by atoms with van der Waals surface area (Å²) in [6.07, 6.45) is 0. The molecule has 0 fully saturated rings. The summed E-state index contributed by atoms with van der Waals surface area (Å²) in [6.45, 7) is 4.44. The van der Waals surface area contributed by atoms with Crippen molar-refractivity contribution in [3.05, 3.63) is 64.0 Å². The highest BCUT2D eigenvalue weighted by Crippen LogP contribution is 2.21. The summed E-state index contributed by atoms with van der Waals surface area (Å²) >= 11 is 5.94. The van der Waals surface area contributed by atoms with E-state index in [1.807, 2.05) is 26.0 Å². The minimum Gasteiger partial charge on any atom is -0.308 e. The molecule has 26 heavy (non-hydrogen) atoms. The fourth-order valence-electron chi connectivity index (χ4n) is 2.68. The van der Waals surface area contributed by atoms with Gasteiger partial charge in [-0.25, -0.2) is 9.59 Å². The number of fused-ring (bicyclic) bond motifs is 1. The maximum Gasteiger partial charge on any atom is 0.349 e. The Balaban J connectivity index is 1.99. The second-order valence-corrected chi connectivity index (χ2v) is 6.79. The van der Waals surface area contributed by atoms with Crippen LogP contribution in [0.2, 0.25) is 5.02 Å². The third-order valence-corrected chi connectivity index (χ3v) is 3.97. The number of nitrogens with one attached hydrogen (secondary N) is 2. The Labute approximate surface area is 155 Å². The van der Waals surface area contributed by atoms with Crippen LogP contribution in [-0.4, -0.2) is 15.6 Å². The van der Waals surface area contributed by atoms with Crippen molar-refractivity contribution in [1.82, 2.24) is 9.55 Å². The first-order valence-electron chi connectivity index (χ1n) is 8.27. The molecule has 2 aromatic carbocycles. The number of rotatable bonds is 4. The highest BCUT2D eigenvalue weighted by Gasteiger charge is 2.15. The van der Waals surface area contributed by atoms with Gasteiger partial charge in [-0.05, 0) is 36.2 Å². The Bertz CT molecular complexity index is 1010. The number of amides is 2. The molecule has 2 N–H and O–H groups in total. The summed E-state index contributed by atoms with van der Waals surface area (Å²) in [5.74, 6) is 0.640. The van der Waals surface area contributed by atoms with Gasteiger partial charge in [0.1, 0.15) is 5.82 Å². The number of urea groups is 1. The maximum absolute atomic E-state index is 12.5. The lowest BCUT2D eigenvalue weighted by Gasteiger charge is -2.17. The molecule has 0 saturated heterocycles. The van der Waals surface area contributed by atoms with Crippen LogP contribution in [0, 0.1) is 5.92 Å². The Morgan fingerprint density at radius 3 is 2.65 bits per heavy atom. The first-order chi connectivity index (χ1) is 12.4. The second-order valence-electron chi connectivity index (χ2n) is 6.35. The monoisotopic (exact) mass is 370 g/mol. The quantitative estimate of drug-likeness (QED) is 0.716. The fourth-order valence-corrected chi connectivity index (χ4v) is 2.87. The van der Waals surface area contributed by atoms with E-state index in [-0.39, 0.29) is 5.92 Å². The fraction of sp³-hybridized carbons (Fsp3) is 0.211. The zero-order chi connectivity index (χ0) is 18.7. The zero-order valence-electron chi connectivity index (χ0n) is 14.5. The molecular formula is C19H19ClN4O2. The number of anilines is 2. The van der Waals surface area contributed by atoms with E-state index in [9.17, 15) is 9.59 Å². The van der Waals surface area contributed by atoms with E-state index in [4.69, 9.17) is 11.6 Å². The smallest absolute Gasteiger partial charge is 0.308 e. The molecule has 1 heterocycles. The van der Waals surface area contributed by atoms with Crippen molar-refractivity contribution < 1.29 is 4.79 Å². The maximum atomic E-state index is 12.5. The molecule has 3 aromatic rings. The van der Waals surface area contributed by atoms with Gasteiger partial charge in [0, 0.05) is 22.6 Å². The third-order valence-electron chi connectivity index (χ3n) is 3.74. The van der Waals surface area contributed by atoms with Crippen molar-refractivity contribution in [3.8, 4) is 0 Å². The van der Waals surface area contributed by atoms with E-state index >= 15 is 0 Å². The molecule has 134 valence electrons. The van der Waals surface area contributed by atoms with Gasteiger partial charge in [-0.2, -0.15) is 4.98 Å². The van der Waals surface area contributed by atoms with Crippen molar-refractivity contribution in [3.63, 3.8) is 0 Å². The standard InChI is InChI=1S/C19H19ClN4O2/c1-12(2)11-24-17(15-8-3-4-9-16(15)22-19(24)26)23-18(25)21-14-7-5-6-13(20)10-14/h3-10,12H,11H2,1-2H3,(H2,21,23,25). The summed E-state index contributed by atoms with van der Waals surface area (Å²) in [5, 5.41) is 6.75. The number of benzene rings is 2. The molecule has 0 unspecified atom stereocenters. The van der Waals surface area contributed by atoms with Crippen molar-refractivity contribution in [2.75, 3.05) is 10.6 Å². The van der Waals surface area contributed by atoms with Crippen molar-refractivity contribution in [1.29, 1.82) is 0 Å². The minimum absolute atomic E-state index is 0.215. The largest absolute Gasteiger partial charge is 0.349 e. The molecular weight excluding hydrogens is 352 g/mol. The number of para-hydroxylation sites is 1. The molecule has 0 spiro atoms. The predicted octanol–water partition coefficient (Wildman–Crippen LogP) is 4.35. The lowest BCUT2D eigenvalue weighted by molar-refractivity contribution is 0.262. The number of hydrogen-bond acceptors (Lipinski definition) is 3. The minimum atomic E-state index is -0.458. The molecule has 1 aromatic heterocycles. The van der Waals surface area contributed by atoms with Crippen molar-refractivity contribution in [2.45, 2.75) is 20.4 Å². The Hall–Kier alpha value is -2.86. The lowest BCUT2D eigenvalue weighted by Crippen LogP contribution is -2.31. The van der Waals surface area contributed by atoms with Crippen LogP contribution in [0.3, 0.4) is 0 Å². The first kappa shape index (κ1) is 17.9. The Morgan fingerprint density at radius 1 is 1.15 bits per heavy atom. The van der Waals surface area contributed by atoms with Crippen LogP contribution in [0.25, 0.3) is 10.9 Å². The predicted molar refractivity (Wildman–Crippen MR) is 105 cm³/mol. The van der Waals surface area contributed by atoms with Gasteiger partial charge in [-0.1, -0.05) is 43.6 Å². The average molecular weight is 371 g/mol. The summed E-state index contributed by atoms with van der Waals surface area (Å²) in [6, 6.07) is 13.6. The molecule has 7 heteroatoms. The van der Waals surface area contributed by atoms with Crippen LogP contribution in [0.5, 0.6) is 0 Å². The van der Waals surface area contributed by atoms with Crippen LogP contribution in [-0.2, 0) is 6.54 Å². The van der Waals surface area contributed by atoms with Crippen LogP contribution in [0.15, 0.2) is 53.3 Å². The van der Waals surface area contributed by atoms with E-state index < -0.39 is 11.7 Å². The first-order valence-corrected chi connectivity index (χ1v) is 8.65. The molecule has 0 bridgehead atoms. The molecule has 0 atom stereocenters. The number of halogens is 1. The van der Waals surface area contributed by atoms with Crippen molar-refractivity contribution >= 4 is 40.0 Å². The van der Waals surface area contributed by atoms with Crippen LogP contribution < -0.4 is 16.3 Å². The van der Waals surface area contributed by atoms with E-state index in [0.717, 1.165) is 0 Å². The number of carbonyl (C=O) groups excluding carboxylic acids is 1. The van der Waals surface area contributed by atoms with Gasteiger partial charge in [0.2, 0.25) is 0 Å². The van der Waals surface area contributed by atoms with Gasteiger partial charge in [0.05, 0.1) is 5.52 Å². The van der Waals surface area contributed by atoms with Gasteiger partial charge >= 0.3 is 11.7 Å². The molecule has 2 amide bonds.